The van der Waals surface area contributed by atoms with E-state index in [0.29, 0.717) is 5.41 Å². The van der Waals surface area contributed by atoms with Gasteiger partial charge in [0.2, 0.25) is 0 Å². The van der Waals surface area contributed by atoms with Crippen LogP contribution in [0, 0.1) is 12.3 Å². The second-order valence-corrected chi connectivity index (χ2v) is 6.60. The molecule has 1 aromatic rings. The highest BCUT2D eigenvalue weighted by Gasteiger charge is 2.24. The largest absolute Gasteiger partial charge is 0.370 e. The van der Waals surface area contributed by atoms with Gasteiger partial charge in [0.25, 0.3) is 0 Å². The van der Waals surface area contributed by atoms with Gasteiger partial charge in [-0.2, -0.15) is 0 Å². The zero-order chi connectivity index (χ0) is 14.6. The third-order valence-corrected chi connectivity index (χ3v) is 4.24. The molecule has 2 heterocycles. The molecule has 1 fully saturated rings. The molecular weight excluding hydrogens is 248 g/mol. The number of aromatic nitrogens is 2. The molecule has 0 saturated carbocycles. The van der Waals surface area contributed by atoms with Crippen molar-refractivity contribution >= 4 is 11.6 Å². The highest BCUT2D eigenvalue weighted by molar-refractivity contribution is 5.57. The molecule has 1 saturated heterocycles. The van der Waals surface area contributed by atoms with Crippen molar-refractivity contribution in [2.24, 2.45) is 5.41 Å². The normalized spacial score (nSPS) is 18.7. The molecule has 0 bridgehead atoms. The van der Waals surface area contributed by atoms with Gasteiger partial charge in [-0.25, -0.2) is 9.97 Å². The molecule has 1 aliphatic rings. The Kier molecular flexibility index (Phi) is 4.84. The first-order chi connectivity index (χ1) is 9.53. The summed E-state index contributed by atoms with van der Waals surface area (Å²) in [5.41, 5.74) is 1.64. The first kappa shape index (κ1) is 15.1. The van der Waals surface area contributed by atoms with E-state index in [1.165, 1.54) is 24.8 Å². The summed E-state index contributed by atoms with van der Waals surface area (Å²) in [6.45, 7) is 12.2. The van der Waals surface area contributed by atoms with E-state index in [4.69, 9.17) is 0 Å². The lowest BCUT2D eigenvalue weighted by Crippen LogP contribution is -2.27. The topological polar surface area (TPSA) is 41.1 Å². The molecule has 1 N–H and O–H groups in total. The molecule has 4 heteroatoms. The Bertz CT molecular complexity index is 442. The van der Waals surface area contributed by atoms with Crippen LogP contribution >= 0.6 is 0 Å². The van der Waals surface area contributed by atoms with Crippen LogP contribution in [0.4, 0.5) is 11.6 Å². The van der Waals surface area contributed by atoms with Gasteiger partial charge in [0.1, 0.15) is 18.0 Å². The molecule has 112 valence electrons. The predicted octanol–water partition coefficient (Wildman–Crippen LogP) is 3.62. The molecule has 0 unspecified atom stereocenters. The summed E-state index contributed by atoms with van der Waals surface area (Å²) in [7, 11) is 0. The molecule has 0 aromatic carbocycles. The maximum absolute atomic E-state index is 4.53. The van der Waals surface area contributed by atoms with Crippen molar-refractivity contribution < 1.29 is 0 Å². The molecule has 0 radical (unpaired) electrons. The summed E-state index contributed by atoms with van der Waals surface area (Å²) in [6, 6.07) is 0. The third-order valence-electron chi connectivity index (χ3n) is 4.24. The highest BCUT2D eigenvalue weighted by atomic mass is 15.2. The second-order valence-electron chi connectivity index (χ2n) is 6.60. The number of nitrogens with zero attached hydrogens (tertiary/aromatic N) is 3. The van der Waals surface area contributed by atoms with Gasteiger partial charge in [-0.1, -0.05) is 20.8 Å². The van der Waals surface area contributed by atoms with Crippen LogP contribution in [0.3, 0.4) is 0 Å². The predicted molar refractivity (Wildman–Crippen MR) is 85.4 cm³/mol. The van der Waals surface area contributed by atoms with Crippen molar-refractivity contribution in [1.82, 2.24) is 9.97 Å². The van der Waals surface area contributed by atoms with Crippen molar-refractivity contribution in [2.75, 3.05) is 29.9 Å². The van der Waals surface area contributed by atoms with Gasteiger partial charge in [-0.05, 0) is 38.0 Å². The fourth-order valence-electron chi connectivity index (χ4n) is 2.82. The fourth-order valence-corrected chi connectivity index (χ4v) is 2.82. The lowest BCUT2D eigenvalue weighted by molar-refractivity contribution is 0.325. The molecule has 20 heavy (non-hydrogen) atoms. The number of rotatable bonds is 4. The second kappa shape index (κ2) is 6.42. The molecule has 0 spiro atoms. The van der Waals surface area contributed by atoms with Gasteiger partial charge in [0, 0.05) is 25.2 Å². The fraction of sp³-hybridized carbons (Fsp3) is 0.750. The zero-order valence-electron chi connectivity index (χ0n) is 13.4. The van der Waals surface area contributed by atoms with Crippen LogP contribution in [-0.4, -0.2) is 29.6 Å². The minimum atomic E-state index is 0.457. The SMILES string of the molecule is CCCNc1ncnc(N2CCCC(C)(C)CC2)c1C. The van der Waals surface area contributed by atoms with Crippen molar-refractivity contribution in [3.63, 3.8) is 0 Å². The lowest BCUT2D eigenvalue weighted by atomic mass is 9.85. The van der Waals surface area contributed by atoms with E-state index in [2.05, 4.69) is 47.9 Å². The Morgan fingerprint density at radius 2 is 2.05 bits per heavy atom. The van der Waals surface area contributed by atoms with E-state index in [-0.39, 0.29) is 0 Å². The van der Waals surface area contributed by atoms with Crippen molar-refractivity contribution in [3.05, 3.63) is 11.9 Å². The lowest BCUT2D eigenvalue weighted by Gasteiger charge is -2.25. The minimum Gasteiger partial charge on any atom is -0.370 e. The smallest absolute Gasteiger partial charge is 0.137 e. The molecule has 1 aliphatic heterocycles. The summed E-state index contributed by atoms with van der Waals surface area (Å²) < 4.78 is 0. The van der Waals surface area contributed by atoms with E-state index in [1.54, 1.807) is 6.33 Å². The first-order valence-corrected chi connectivity index (χ1v) is 7.84. The van der Waals surface area contributed by atoms with Gasteiger partial charge in [0.05, 0.1) is 0 Å². The molecule has 0 atom stereocenters. The van der Waals surface area contributed by atoms with Crippen molar-refractivity contribution in [2.45, 2.75) is 53.4 Å². The Morgan fingerprint density at radius 1 is 1.25 bits per heavy atom. The van der Waals surface area contributed by atoms with Crippen LogP contribution in [0.25, 0.3) is 0 Å². The van der Waals surface area contributed by atoms with E-state index >= 15 is 0 Å². The quantitative estimate of drug-likeness (QED) is 0.912. The first-order valence-electron chi connectivity index (χ1n) is 7.84. The Labute approximate surface area is 123 Å². The molecule has 0 amide bonds. The molecule has 0 aliphatic carbocycles. The summed E-state index contributed by atoms with van der Waals surface area (Å²) in [5.74, 6) is 2.09. The van der Waals surface area contributed by atoms with Crippen LogP contribution in [0.5, 0.6) is 0 Å². The minimum absolute atomic E-state index is 0.457. The highest BCUT2D eigenvalue weighted by Crippen LogP contribution is 2.32. The zero-order valence-corrected chi connectivity index (χ0v) is 13.4. The van der Waals surface area contributed by atoms with Gasteiger partial charge >= 0.3 is 0 Å². The van der Waals surface area contributed by atoms with Crippen molar-refractivity contribution in [3.8, 4) is 0 Å². The standard InChI is InChI=1S/C16H28N4/c1-5-9-17-14-13(2)15(19-12-18-14)20-10-6-7-16(3,4)8-11-20/h12H,5-11H2,1-4H3,(H,17,18,19). The average molecular weight is 276 g/mol. The van der Waals surface area contributed by atoms with Gasteiger partial charge in [-0.3, -0.25) is 0 Å². The van der Waals surface area contributed by atoms with E-state index in [1.807, 2.05) is 0 Å². The monoisotopic (exact) mass is 276 g/mol. The maximum atomic E-state index is 4.53. The number of anilines is 2. The number of hydrogen-bond acceptors (Lipinski definition) is 4. The summed E-state index contributed by atoms with van der Waals surface area (Å²) in [4.78, 5) is 11.3. The van der Waals surface area contributed by atoms with Gasteiger partial charge < -0.3 is 10.2 Å². The molecule has 2 rings (SSSR count). The summed E-state index contributed by atoms with van der Waals surface area (Å²) in [5, 5.41) is 3.40. The third kappa shape index (κ3) is 3.62. The van der Waals surface area contributed by atoms with E-state index < -0.39 is 0 Å². The summed E-state index contributed by atoms with van der Waals surface area (Å²) >= 11 is 0. The number of hydrogen-bond donors (Lipinski definition) is 1. The van der Waals surface area contributed by atoms with Crippen LogP contribution in [0.2, 0.25) is 0 Å². The molecular formula is C16H28N4. The molecule has 1 aromatic heterocycles. The van der Waals surface area contributed by atoms with Gasteiger partial charge in [0.15, 0.2) is 0 Å². The molecule has 4 nitrogen and oxygen atoms in total. The van der Waals surface area contributed by atoms with Crippen LogP contribution in [0.15, 0.2) is 6.33 Å². The van der Waals surface area contributed by atoms with Crippen LogP contribution in [0.1, 0.15) is 52.0 Å². The van der Waals surface area contributed by atoms with E-state index in [0.717, 1.165) is 37.7 Å². The van der Waals surface area contributed by atoms with E-state index in [9.17, 15) is 0 Å². The Hall–Kier alpha value is -1.32. The maximum Gasteiger partial charge on any atom is 0.137 e. The average Bonchev–Trinajstić information content (AvgIpc) is 2.59. The van der Waals surface area contributed by atoms with Crippen LogP contribution < -0.4 is 10.2 Å². The Morgan fingerprint density at radius 3 is 2.80 bits per heavy atom. The van der Waals surface area contributed by atoms with Crippen molar-refractivity contribution in [1.29, 1.82) is 0 Å². The van der Waals surface area contributed by atoms with Crippen LogP contribution in [-0.2, 0) is 0 Å². The van der Waals surface area contributed by atoms with Gasteiger partial charge in [-0.15, -0.1) is 0 Å². The Balaban J connectivity index is 2.15. The number of nitrogens with one attached hydrogen (secondary N) is 1. The summed E-state index contributed by atoms with van der Waals surface area (Å²) in [6.07, 6.45) is 6.57.